The normalized spacial score (nSPS) is 23.8. The van der Waals surface area contributed by atoms with Crippen LogP contribution >= 0.6 is 11.8 Å². The van der Waals surface area contributed by atoms with Crippen molar-refractivity contribution in [2.45, 2.75) is 31.4 Å². The van der Waals surface area contributed by atoms with Crippen molar-refractivity contribution in [1.29, 1.82) is 0 Å². The van der Waals surface area contributed by atoms with E-state index in [0.29, 0.717) is 12.1 Å². The predicted molar refractivity (Wildman–Crippen MR) is 86.9 cm³/mol. The fraction of sp³-hybridized carbons (Fsp3) is 0.562. The molecule has 0 spiro atoms. The molecule has 1 aromatic heterocycles. The number of hydrogen-bond donors (Lipinski definition) is 1. The largest absolute Gasteiger partial charge is 0.477 e. The van der Waals surface area contributed by atoms with Crippen molar-refractivity contribution in [3.8, 4) is 0 Å². The van der Waals surface area contributed by atoms with Crippen molar-refractivity contribution in [1.82, 2.24) is 9.88 Å². The molecule has 6 nitrogen and oxygen atoms in total. The molecule has 7 heteroatoms. The number of carbonyl (C=O) groups excluding carboxylic acids is 1. The number of aromatic nitrogens is 1. The Morgan fingerprint density at radius 3 is 2.83 bits per heavy atom. The van der Waals surface area contributed by atoms with Crippen LogP contribution in [0.4, 0.5) is 0 Å². The number of pyridine rings is 1. The molecule has 2 atom stereocenters. The average Bonchev–Trinajstić information content (AvgIpc) is 3.25. The van der Waals surface area contributed by atoms with Gasteiger partial charge < -0.3 is 14.7 Å². The highest BCUT2D eigenvalue weighted by Gasteiger charge is 2.31. The van der Waals surface area contributed by atoms with E-state index in [1.54, 1.807) is 6.07 Å². The van der Waals surface area contributed by atoms with E-state index in [1.165, 1.54) is 12.3 Å². The number of nitrogens with zero attached hydrogens (tertiary/aromatic N) is 2. The molecule has 1 aromatic rings. The summed E-state index contributed by atoms with van der Waals surface area (Å²) in [6.45, 7) is 1.37. The van der Waals surface area contributed by atoms with Crippen LogP contribution in [-0.2, 0) is 4.74 Å². The number of thioether (sulfide) groups is 1. The number of carboxylic acids is 1. The minimum Gasteiger partial charge on any atom is -0.477 e. The summed E-state index contributed by atoms with van der Waals surface area (Å²) in [5, 5.41) is 8.91. The number of aromatic carboxylic acids is 1. The summed E-state index contributed by atoms with van der Waals surface area (Å²) >= 11 is 1.86. The number of hydrogen-bond acceptors (Lipinski definition) is 5. The highest BCUT2D eigenvalue weighted by Crippen LogP contribution is 2.25. The van der Waals surface area contributed by atoms with Crippen molar-refractivity contribution < 1.29 is 19.4 Å². The minimum atomic E-state index is -1.09. The lowest BCUT2D eigenvalue weighted by atomic mass is 10.1. The van der Waals surface area contributed by atoms with Crippen LogP contribution in [0.3, 0.4) is 0 Å². The number of carboxylic acid groups (broad SMARTS) is 1. The second kappa shape index (κ2) is 7.31. The molecule has 124 valence electrons. The summed E-state index contributed by atoms with van der Waals surface area (Å²) in [7, 11) is 0. The van der Waals surface area contributed by atoms with Crippen molar-refractivity contribution in [3.05, 3.63) is 29.6 Å². The zero-order chi connectivity index (χ0) is 16.2. The van der Waals surface area contributed by atoms with Gasteiger partial charge in [0.2, 0.25) is 0 Å². The van der Waals surface area contributed by atoms with E-state index in [0.717, 1.165) is 37.4 Å². The zero-order valence-electron chi connectivity index (χ0n) is 12.8. The second-order valence-corrected chi connectivity index (χ2v) is 7.00. The monoisotopic (exact) mass is 336 g/mol. The molecule has 1 amide bonds. The standard InChI is InChI=1S/C16H20N2O4S/c19-15(11-3-4-14(16(20)21)17-8-11)18(12-5-7-23-10-12)9-13-2-1-6-22-13/h3-4,8,12-13H,1-2,5-7,9-10H2,(H,20,21). The zero-order valence-corrected chi connectivity index (χ0v) is 13.6. The number of ether oxygens (including phenoxy) is 1. The van der Waals surface area contributed by atoms with Crippen LogP contribution in [0.15, 0.2) is 18.3 Å². The molecule has 2 saturated heterocycles. The highest BCUT2D eigenvalue weighted by molar-refractivity contribution is 7.99. The second-order valence-electron chi connectivity index (χ2n) is 5.85. The first-order valence-electron chi connectivity index (χ1n) is 7.85. The molecule has 2 aliphatic heterocycles. The first kappa shape index (κ1) is 16.3. The van der Waals surface area contributed by atoms with Crippen LogP contribution in [0.2, 0.25) is 0 Å². The van der Waals surface area contributed by atoms with Gasteiger partial charge in [0.1, 0.15) is 5.69 Å². The van der Waals surface area contributed by atoms with Crippen LogP contribution < -0.4 is 0 Å². The number of carbonyl (C=O) groups is 2. The third-order valence-electron chi connectivity index (χ3n) is 4.26. The van der Waals surface area contributed by atoms with Gasteiger partial charge in [-0.2, -0.15) is 11.8 Å². The van der Waals surface area contributed by atoms with Gasteiger partial charge in [-0.1, -0.05) is 0 Å². The van der Waals surface area contributed by atoms with Crippen molar-refractivity contribution in [3.63, 3.8) is 0 Å². The Labute approximate surface area is 139 Å². The minimum absolute atomic E-state index is 0.0522. The summed E-state index contributed by atoms with van der Waals surface area (Å²) in [5.74, 6) is 0.833. The smallest absolute Gasteiger partial charge is 0.354 e. The van der Waals surface area contributed by atoms with E-state index < -0.39 is 5.97 Å². The highest BCUT2D eigenvalue weighted by atomic mass is 32.2. The lowest BCUT2D eigenvalue weighted by Gasteiger charge is -2.30. The first-order valence-corrected chi connectivity index (χ1v) is 9.00. The van der Waals surface area contributed by atoms with Crippen LogP contribution in [-0.4, -0.2) is 63.7 Å². The molecular weight excluding hydrogens is 316 g/mol. The van der Waals surface area contributed by atoms with E-state index in [-0.39, 0.29) is 23.7 Å². The van der Waals surface area contributed by atoms with E-state index in [9.17, 15) is 9.59 Å². The molecule has 3 rings (SSSR count). The Bertz CT molecular complexity index is 566. The van der Waals surface area contributed by atoms with Crippen molar-refractivity contribution >= 4 is 23.6 Å². The SMILES string of the molecule is O=C(O)c1ccc(C(=O)N(CC2CCCO2)C2CCSC2)cn1. The molecule has 0 aromatic carbocycles. The van der Waals surface area contributed by atoms with Crippen LogP contribution in [0.5, 0.6) is 0 Å². The van der Waals surface area contributed by atoms with Crippen LogP contribution in [0.25, 0.3) is 0 Å². The Morgan fingerprint density at radius 1 is 1.39 bits per heavy atom. The molecule has 2 unspecified atom stereocenters. The quantitative estimate of drug-likeness (QED) is 0.885. The number of amides is 1. The molecule has 0 radical (unpaired) electrons. The fourth-order valence-electron chi connectivity index (χ4n) is 2.99. The van der Waals surface area contributed by atoms with Gasteiger partial charge in [-0.25, -0.2) is 9.78 Å². The maximum absolute atomic E-state index is 12.9. The summed E-state index contributed by atoms with van der Waals surface area (Å²) in [5.41, 5.74) is 0.383. The molecule has 0 saturated carbocycles. The molecule has 0 aliphatic carbocycles. The fourth-order valence-corrected chi connectivity index (χ4v) is 4.21. The maximum Gasteiger partial charge on any atom is 0.354 e. The van der Waals surface area contributed by atoms with Crippen LogP contribution in [0, 0.1) is 0 Å². The van der Waals surface area contributed by atoms with E-state index in [1.807, 2.05) is 16.7 Å². The maximum atomic E-state index is 12.9. The average molecular weight is 336 g/mol. The Hall–Kier alpha value is -1.60. The summed E-state index contributed by atoms with van der Waals surface area (Å²) in [6, 6.07) is 3.14. The lowest BCUT2D eigenvalue weighted by molar-refractivity contribution is 0.0441. The third-order valence-corrected chi connectivity index (χ3v) is 5.41. The van der Waals surface area contributed by atoms with Crippen molar-refractivity contribution in [2.24, 2.45) is 0 Å². The summed E-state index contributed by atoms with van der Waals surface area (Å²) in [6.07, 6.45) is 4.48. The molecule has 0 bridgehead atoms. The van der Waals surface area contributed by atoms with Crippen LogP contribution in [0.1, 0.15) is 40.1 Å². The Morgan fingerprint density at radius 2 is 2.26 bits per heavy atom. The van der Waals surface area contributed by atoms with E-state index >= 15 is 0 Å². The topological polar surface area (TPSA) is 79.7 Å². The molecule has 2 aliphatic rings. The van der Waals surface area contributed by atoms with Gasteiger partial charge in [0.05, 0.1) is 11.7 Å². The first-order chi connectivity index (χ1) is 11.1. The van der Waals surface area contributed by atoms with Gasteiger partial charge in [0.15, 0.2) is 0 Å². The Kier molecular flexibility index (Phi) is 5.17. The summed E-state index contributed by atoms with van der Waals surface area (Å²) in [4.78, 5) is 29.5. The molecule has 23 heavy (non-hydrogen) atoms. The molecule has 1 N–H and O–H groups in total. The predicted octanol–water partition coefficient (Wildman–Crippen LogP) is 1.91. The third kappa shape index (κ3) is 3.84. The van der Waals surface area contributed by atoms with E-state index in [4.69, 9.17) is 9.84 Å². The Balaban J connectivity index is 1.76. The molecular formula is C16H20N2O4S. The van der Waals surface area contributed by atoms with Gasteiger partial charge in [-0.15, -0.1) is 0 Å². The van der Waals surface area contributed by atoms with Crippen molar-refractivity contribution in [2.75, 3.05) is 24.7 Å². The van der Waals surface area contributed by atoms with Gasteiger partial charge in [0.25, 0.3) is 5.91 Å². The molecule has 2 fully saturated rings. The van der Waals surface area contributed by atoms with Gasteiger partial charge in [-0.05, 0) is 37.1 Å². The van der Waals surface area contributed by atoms with E-state index in [2.05, 4.69) is 4.98 Å². The number of rotatable bonds is 5. The van der Waals surface area contributed by atoms with Gasteiger partial charge in [0, 0.05) is 31.1 Å². The molecule has 3 heterocycles. The lowest BCUT2D eigenvalue weighted by Crippen LogP contribution is -2.44. The van der Waals surface area contributed by atoms with Gasteiger partial charge in [-0.3, -0.25) is 4.79 Å². The van der Waals surface area contributed by atoms with Gasteiger partial charge >= 0.3 is 5.97 Å². The summed E-state index contributed by atoms with van der Waals surface area (Å²) < 4.78 is 5.69.